The summed E-state index contributed by atoms with van der Waals surface area (Å²) in [6.07, 6.45) is 1.67. The number of benzene rings is 2. The Balaban J connectivity index is 1.66. The minimum Gasteiger partial charge on any atom is -0.481 e. The van der Waals surface area contributed by atoms with Gasteiger partial charge >= 0.3 is 0 Å². The average Bonchev–Trinajstić information content (AvgIpc) is 2.63. The van der Waals surface area contributed by atoms with Crippen molar-refractivity contribution in [2.75, 3.05) is 13.7 Å². The molecule has 128 valence electrons. The number of hydrogen-bond acceptors (Lipinski definition) is 3. The molecule has 0 atom stereocenters. The number of fused-ring (bicyclic) bond motifs is 1. The van der Waals surface area contributed by atoms with E-state index in [2.05, 4.69) is 4.98 Å². The molecule has 1 amide bonds. The lowest BCUT2D eigenvalue weighted by atomic mass is 10.2. The van der Waals surface area contributed by atoms with Crippen LogP contribution in [0.5, 0.6) is 5.75 Å². The van der Waals surface area contributed by atoms with Gasteiger partial charge in [-0.3, -0.25) is 9.78 Å². The van der Waals surface area contributed by atoms with Gasteiger partial charge in [-0.1, -0.05) is 35.3 Å². The van der Waals surface area contributed by atoms with Crippen LogP contribution >= 0.6 is 23.2 Å². The standard InChI is InChI=1S/C19H16Cl2N2O2/c1-23(11-13-4-6-14(20)7-5-13)18(24)12-25-17-9-8-16(21)15-3-2-10-22-19(15)17/h2-10H,11-12H2,1H3. The molecule has 0 aliphatic carbocycles. The molecule has 2 aromatic carbocycles. The molecule has 3 aromatic rings. The summed E-state index contributed by atoms with van der Waals surface area (Å²) < 4.78 is 5.68. The fourth-order valence-electron chi connectivity index (χ4n) is 2.43. The van der Waals surface area contributed by atoms with Crippen LogP contribution in [-0.2, 0) is 11.3 Å². The monoisotopic (exact) mass is 374 g/mol. The van der Waals surface area contributed by atoms with Crippen LogP contribution in [-0.4, -0.2) is 29.4 Å². The first kappa shape index (κ1) is 17.5. The second-order valence-corrected chi connectivity index (χ2v) is 6.45. The van der Waals surface area contributed by atoms with Crippen molar-refractivity contribution in [3.05, 3.63) is 70.3 Å². The molecule has 0 unspecified atom stereocenters. The van der Waals surface area contributed by atoms with Gasteiger partial charge < -0.3 is 9.64 Å². The topological polar surface area (TPSA) is 42.4 Å². The molecule has 6 heteroatoms. The Labute approximate surface area is 155 Å². The Kier molecular flexibility index (Phi) is 5.41. The van der Waals surface area contributed by atoms with Crippen LogP contribution in [0.1, 0.15) is 5.56 Å². The van der Waals surface area contributed by atoms with Crippen LogP contribution < -0.4 is 4.74 Å². The van der Waals surface area contributed by atoms with Crippen molar-refractivity contribution in [3.8, 4) is 5.75 Å². The van der Waals surface area contributed by atoms with Gasteiger partial charge in [-0.05, 0) is 42.0 Å². The molecule has 0 bridgehead atoms. The molecule has 1 heterocycles. The summed E-state index contributed by atoms with van der Waals surface area (Å²) in [7, 11) is 1.73. The highest BCUT2D eigenvalue weighted by atomic mass is 35.5. The largest absolute Gasteiger partial charge is 0.481 e. The highest BCUT2D eigenvalue weighted by Gasteiger charge is 2.12. The van der Waals surface area contributed by atoms with E-state index in [9.17, 15) is 4.79 Å². The quantitative estimate of drug-likeness (QED) is 0.656. The SMILES string of the molecule is CN(Cc1ccc(Cl)cc1)C(=O)COc1ccc(Cl)c2cccnc12. The molecule has 0 aliphatic rings. The van der Waals surface area contributed by atoms with E-state index in [-0.39, 0.29) is 12.5 Å². The van der Waals surface area contributed by atoms with Crippen molar-refractivity contribution in [1.82, 2.24) is 9.88 Å². The van der Waals surface area contributed by atoms with E-state index in [1.54, 1.807) is 42.4 Å². The molecule has 3 rings (SSSR count). The van der Waals surface area contributed by atoms with Gasteiger partial charge in [0.1, 0.15) is 11.3 Å². The molecule has 0 N–H and O–H groups in total. The minimum absolute atomic E-state index is 0.0720. The second kappa shape index (κ2) is 7.72. The van der Waals surface area contributed by atoms with Gasteiger partial charge in [0.15, 0.2) is 6.61 Å². The summed E-state index contributed by atoms with van der Waals surface area (Å²) in [5, 5.41) is 2.06. The minimum atomic E-state index is -0.131. The van der Waals surface area contributed by atoms with Crippen molar-refractivity contribution in [2.45, 2.75) is 6.54 Å². The molecule has 0 radical (unpaired) electrons. The zero-order valence-corrected chi connectivity index (χ0v) is 15.1. The van der Waals surface area contributed by atoms with Gasteiger partial charge in [0.25, 0.3) is 5.91 Å². The molecule has 0 saturated carbocycles. The summed E-state index contributed by atoms with van der Waals surface area (Å²) in [4.78, 5) is 18.2. The maximum absolute atomic E-state index is 12.3. The Morgan fingerprint density at radius 3 is 2.64 bits per heavy atom. The van der Waals surface area contributed by atoms with Crippen molar-refractivity contribution >= 4 is 40.0 Å². The van der Waals surface area contributed by atoms with E-state index < -0.39 is 0 Å². The summed E-state index contributed by atoms with van der Waals surface area (Å²) in [6.45, 7) is 0.413. The molecule has 4 nitrogen and oxygen atoms in total. The number of likely N-dealkylation sites (N-methyl/N-ethyl adjacent to an activating group) is 1. The third-order valence-corrected chi connectivity index (χ3v) is 4.37. The zero-order valence-electron chi connectivity index (χ0n) is 13.6. The normalized spacial score (nSPS) is 10.7. The van der Waals surface area contributed by atoms with Crippen LogP contribution in [0.4, 0.5) is 0 Å². The fourth-order valence-corrected chi connectivity index (χ4v) is 2.77. The summed E-state index contributed by atoms with van der Waals surface area (Å²) in [6, 6.07) is 14.5. The number of ether oxygens (including phenoxy) is 1. The number of aromatic nitrogens is 1. The first-order valence-corrected chi connectivity index (χ1v) is 8.44. The number of nitrogens with zero attached hydrogens (tertiary/aromatic N) is 2. The van der Waals surface area contributed by atoms with E-state index in [0.717, 1.165) is 10.9 Å². The van der Waals surface area contributed by atoms with Crippen molar-refractivity contribution in [3.63, 3.8) is 0 Å². The number of hydrogen-bond donors (Lipinski definition) is 0. The number of rotatable bonds is 5. The summed E-state index contributed by atoms with van der Waals surface area (Å²) in [5.41, 5.74) is 1.64. The van der Waals surface area contributed by atoms with Crippen LogP contribution in [0.25, 0.3) is 10.9 Å². The second-order valence-electron chi connectivity index (χ2n) is 5.61. The smallest absolute Gasteiger partial charge is 0.260 e. The Morgan fingerprint density at radius 1 is 1.12 bits per heavy atom. The predicted octanol–water partition coefficient (Wildman–Crippen LogP) is 4.58. The highest BCUT2D eigenvalue weighted by Crippen LogP contribution is 2.29. The number of amides is 1. The lowest BCUT2D eigenvalue weighted by molar-refractivity contribution is -0.132. The fraction of sp³-hybridized carbons (Fsp3) is 0.158. The number of pyridine rings is 1. The average molecular weight is 375 g/mol. The maximum atomic E-state index is 12.3. The highest BCUT2D eigenvalue weighted by molar-refractivity contribution is 6.35. The van der Waals surface area contributed by atoms with E-state index in [4.69, 9.17) is 27.9 Å². The van der Waals surface area contributed by atoms with Crippen LogP contribution in [0.3, 0.4) is 0 Å². The van der Waals surface area contributed by atoms with E-state index >= 15 is 0 Å². The molecule has 0 saturated heterocycles. The molecular formula is C19H16Cl2N2O2. The Bertz CT molecular complexity index is 898. The van der Waals surface area contributed by atoms with Crippen molar-refractivity contribution in [1.29, 1.82) is 0 Å². The van der Waals surface area contributed by atoms with Gasteiger partial charge in [-0.25, -0.2) is 0 Å². The third kappa shape index (κ3) is 4.21. The van der Waals surface area contributed by atoms with Gasteiger partial charge in [0.2, 0.25) is 0 Å². The first-order chi connectivity index (χ1) is 12.0. The van der Waals surface area contributed by atoms with Crippen LogP contribution in [0.15, 0.2) is 54.7 Å². The predicted molar refractivity (Wildman–Crippen MR) is 100 cm³/mol. The molecule has 0 fully saturated rings. The van der Waals surface area contributed by atoms with E-state index in [1.165, 1.54) is 0 Å². The van der Waals surface area contributed by atoms with E-state index in [0.29, 0.717) is 27.9 Å². The Morgan fingerprint density at radius 2 is 1.88 bits per heavy atom. The van der Waals surface area contributed by atoms with Crippen molar-refractivity contribution in [2.24, 2.45) is 0 Å². The molecule has 0 spiro atoms. The first-order valence-electron chi connectivity index (χ1n) is 7.69. The maximum Gasteiger partial charge on any atom is 0.260 e. The summed E-state index contributed by atoms with van der Waals surface area (Å²) in [5.74, 6) is 0.405. The lowest BCUT2D eigenvalue weighted by Gasteiger charge is -2.18. The van der Waals surface area contributed by atoms with Crippen LogP contribution in [0, 0.1) is 0 Å². The lowest BCUT2D eigenvalue weighted by Crippen LogP contribution is -2.31. The van der Waals surface area contributed by atoms with E-state index in [1.807, 2.05) is 24.3 Å². The number of carbonyl (C=O) groups excluding carboxylic acids is 1. The number of halogens is 2. The zero-order chi connectivity index (χ0) is 17.8. The molecular weight excluding hydrogens is 359 g/mol. The third-order valence-electron chi connectivity index (χ3n) is 3.79. The van der Waals surface area contributed by atoms with Crippen LogP contribution in [0.2, 0.25) is 10.0 Å². The molecule has 25 heavy (non-hydrogen) atoms. The van der Waals surface area contributed by atoms with Gasteiger partial charge in [0, 0.05) is 30.2 Å². The Hall–Kier alpha value is -2.30. The van der Waals surface area contributed by atoms with Crippen molar-refractivity contribution < 1.29 is 9.53 Å². The van der Waals surface area contributed by atoms with Gasteiger partial charge in [0.05, 0.1) is 5.02 Å². The van der Waals surface area contributed by atoms with Gasteiger partial charge in [-0.15, -0.1) is 0 Å². The van der Waals surface area contributed by atoms with Gasteiger partial charge in [-0.2, -0.15) is 0 Å². The molecule has 1 aromatic heterocycles. The number of carbonyl (C=O) groups is 1. The molecule has 0 aliphatic heterocycles. The summed E-state index contributed by atoms with van der Waals surface area (Å²) >= 11 is 12.0.